The van der Waals surface area contributed by atoms with E-state index >= 15 is 0 Å². The van der Waals surface area contributed by atoms with Gasteiger partial charge < -0.3 is 20.1 Å². The summed E-state index contributed by atoms with van der Waals surface area (Å²) in [5.74, 6) is 0.272. The third kappa shape index (κ3) is 6.00. The molecule has 2 N–H and O–H groups in total. The Bertz CT molecular complexity index is 1790. The van der Waals surface area contributed by atoms with Gasteiger partial charge in [0.15, 0.2) is 0 Å². The second-order valence-corrected chi connectivity index (χ2v) is 10.7. The quantitative estimate of drug-likeness (QED) is 0.326. The first kappa shape index (κ1) is 29.5. The number of carbonyl (C=O) groups is 2. The van der Waals surface area contributed by atoms with E-state index in [1.165, 1.54) is 28.1 Å². The molecule has 0 spiro atoms. The number of carbonyl (C=O) groups excluding carboxylic acids is 2. The van der Waals surface area contributed by atoms with Crippen molar-refractivity contribution in [1.29, 1.82) is 0 Å². The zero-order chi connectivity index (χ0) is 30.8. The number of amides is 2. The van der Waals surface area contributed by atoms with Gasteiger partial charge in [-0.05, 0) is 56.3 Å². The van der Waals surface area contributed by atoms with Gasteiger partial charge in [-0.1, -0.05) is 12.1 Å². The largest absolute Gasteiger partial charge is 0.345 e. The Morgan fingerprint density at radius 3 is 2.72 bits per heavy atom. The standard InChI is InChI=1S/C31H33FN8O3/c1-18-15-39(26-10-9-22(32)12-24(18)26)27-13-23(35-17-36-27)16-40-28(20-7-6-8-21(11-20)30(42)38(4)5)34-14-25(31(40)43)37-29(41)19(2)33-3/h6-11,13-15,17,19,22,33H,12,16H2,1-5H3,(H,37,41)/t19-,22?/m0/s1. The fourth-order valence-electron chi connectivity index (χ4n) is 4.93. The van der Waals surface area contributed by atoms with Crippen molar-refractivity contribution in [2.45, 2.75) is 39.0 Å². The van der Waals surface area contributed by atoms with Gasteiger partial charge in [0.2, 0.25) is 5.91 Å². The van der Waals surface area contributed by atoms with Crippen LogP contribution in [0.5, 0.6) is 0 Å². The maximum atomic E-state index is 14.1. The molecule has 0 fully saturated rings. The van der Waals surface area contributed by atoms with Crippen molar-refractivity contribution in [2.75, 3.05) is 26.5 Å². The van der Waals surface area contributed by atoms with E-state index < -0.39 is 17.8 Å². The van der Waals surface area contributed by atoms with Crippen LogP contribution in [0.3, 0.4) is 0 Å². The molecule has 0 radical (unpaired) electrons. The molecule has 0 bridgehead atoms. The maximum Gasteiger partial charge on any atom is 0.277 e. The molecule has 0 saturated heterocycles. The Kier molecular flexibility index (Phi) is 8.31. The number of fused-ring (bicyclic) bond motifs is 1. The van der Waals surface area contributed by atoms with Gasteiger partial charge in [-0.25, -0.2) is 19.3 Å². The first-order valence-electron chi connectivity index (χ1n) is 13.8. The first-order valence-corrected chi connectivity index (χ1v) is 13.8. The van der Waals surface area contributed by atoms with Crippen LogP contribution in [0.4, 0.5) is 10.1 Å². The van der Waals surface area contributed by atoms with Gasteiger partial charge in [-0.15, -0.1) is 0 Å². The van der Waals surface area contributed by atoms with Crippen molar-refractivity contribution in [3.05, 3.63) is 93.6 Å². The molecule has 0 aliphatic heterocycles. The van der Waals surface area contributed by atoms with E-state index in [0.717, 1.165) is 16.8 Å². The maximum absolute atomic E-state index is 14.1. The van der Waals surface area contributed by atoms with Gasteiger partial charge in [0.25, 0.3) is 11.5 Å². The summed E-state index contributed by atoms with van der Waals surface area (Å²) in [6, 6.07) is 8.07. The lowest BCUT2D eigenvalue weighted by molar-refractivity contribution is -0.117. The number of nitrogens with one attached hydrogen (secondary N) is 2. The Hall–Kier alpha value is -4.97. The number of nitrogens with zero attached hydrogens (tertiary/aromatic N) is 6. The number of likely N-dealkylation sites (N-methyl/N-ethyl adjacent to an activating group) is 1. The van der Waals surface area contributed by atoms with E-state index in [1.807, 2.05) is 17.7 Å². The van der Waals surface area contributed by atoms with E-state index in [2.05, 4.69) is 25.6 Å². The fourth-order valence-corrected chi connectivity index (χ4v) is 4.93. The summed E-state index contributed by atoms with van der Waals surface area (Å²) >= 11 is 0. The van der Waals surface area contributed by atoms with Gasteiger partial charge >= 0.3 is 0 Å². The van der Waals surface area contributed by atoms with E-state index in [-0.39, 0.29) is 24.0 Å². The molecule has 4 aromatic rings. The van der Waals surface area contributed by atoms with Gasteiger partial charge in [0, 0.05) is 43.9 Å². The number of alkyl halides is 1. The van der Waals surface area contributed by atoms with Gasteiger partial charge in [-0.3, -0.25) is 19.0 Å². The third-order valence-corrected chi connectivity index (χ3v) is 7.41. The Morgan fingerprint density at radius 1 is 1.19 bits per heavy atom. The average Bonchev–Trinajstić information content (AvgIpc) is 3.33. The van der Waals surface area contributed by atoms with Crippen LogP contribution >= 0.6 is 0 Å². The second kappa shape index (κ2) is 12.1. The van der Waals surface area contributed by atoms with Crippen LogP contribution in [-0.4, -0.2) is 74.2 Å². The molecule has 222 valence electrons. The molecule has 1 aliphatic rings. The minimum Gasteiger partial charge on any atom is -0.345 e. The smallest absolute Gasteiger partial charge is 0.277 e. The van der Waals surface area contributed by atoms with E-state index in [4.69, 9.17) is 0 Å². The minimum atomic E-state index is -1.03. The summed E-state index contributed by atoms with van der Waals surface area (Å²) in [6.07, 6.45) is 7.19. The normalized spacial score (nSPS) is 14.7. The molecule has 1 aliphatic carbocycles. The van der Waals surface area contributed by atoms with E-state index in [9.17, 15) is 18.8 Å². The first-order chi connectivity index (χ1) is 20.6. The number of halogens is 1. The molecule has 1 unspecified atom stereocenters. The third-order valence-electron chi connectivity index (χ3n) is 7.41. The van der Waals surface area contributed by atoms with Crippen LogP contribution in [0.15, 0.2) is 59.9 Å². The van der Waals surface area contributed by atoms with Crippen LogP contribution in [0, 0.1) is 6.92 Å². The summed E-state index contributed by atoms with van der Waals surface area (Å²) < 4.78 is 17.3. The van der Waals surface area contributed by atoms with Crippen LogP contribution in [0.25, 0.3) is 23.3 Å². The van der Waals surface area contributed by atoms with Gasteiger partial charge in [0.05, 0.1) is 30.2 Å². The zero-order valence-corrected chi connectivity index (χ0v) is 24.6. The lowest BCUT2D eigenvalue weighted by Crippen LogP contribution is -2.38. The Balaban J connectivity index is 1.59. The predicted molar refractivity (Wildman–Crippen MR) is 162 cm³/mol. The number of hydrogen-bond acceptors (Lipinski definition) is 7. The summed E-state index contributed by atoms with van der Waals surface area (Å²) in [5.41, 5.74) is 3.72. The monoisotopic (exact) mass is 584 g/mol. The fraction of sp³-hybridized carbons (Fsp3) is 0.290. The summed E-state index contributed by atoms with van der Waals surface area (Å²) in [5, 5.41) is 5.50. The van der Waals surface area contributed by atoms with Crippen molar-refractivity contribution >= 4 is 23.6 Å². The van der Waals surface area contributed by atoms with E-state index in [1.54, 1.807) is 64.5 Å². The number of rotatable bonds is 8. The molecule has 2 amide bonds. The van der Waals surface area contributed by atoms with Crippen molar-refractivity contribution in [1.82, 2.24) is 34.3 Å². The molecular formula is C31H33FN8O3. The van der Waals surface area contributed by atoms with Gasteiger partial charge in [0.1, 0.15) is 29.8 Å². The highest BCUT2D eigenvalue weighted by atomic mass is 19.1. The second-order valence-electron chi connectivity index (χ2n) is 10.7. The molecular weight excluding hydrogens is 551 g/mol. The molecule has 1 aromatic carbocycles. The molecule has 3 aromatic heterocycles. The molecule has 3 heterocycles. The highest BCUT2D eigenvalue weighted by molar-refractivity contribution is 5.95. The predicted octanol–water partition coefficient (Wildman–Crippen LogP) is 3.00. The highest BCUT2D eigenvalue weighted by Crippen LogP contribution is 2.28. The van der Waals surface area contributed by atoms with Crippen LogP contribution in [0.1, 0.15) is 39.8 Å². The number of allylic oxidation sites excluding steroid dienone is 1. The van der Waals surface area contributed by atoms with Crippen LogP contribution in [-0.2, 0) is 17.8 Å². The van der Waals surface area contributed by atoms with Crippen LogP contribution in [0.2, 0.25) is 0 Å². The molecule has 2 atom stereocenters. The van der Waals surface area contributed by atoms with Gasteiger partial charge in [-0.2, -0.15) is 0 Å². The van der Waals surface area contributed by atoms with Crippen molar-refractivity contribution < 1.29 is 14.0 Å². The lowest BCUT2D eigenvalue weighted by Gasteiger charge is -2.17. The molecule has 0 saturated carbocycles. The molecule has 11 nitrogen and oxygen atoms in total. The van der Waals surface area contributed by atoms with Crippen LogP contribution < -0.4 is 16.2 Å². The van der Waals surface area contributed by atoms with Crippen molar-refractivity contribution in [3.63, 3.8) is 0 Å². The van der Waals surface area contributed by atoms with E-state index in [0.29, 0.717) is 34.9 Å². The number of benzene rings is 1. The minimum absolute atomic E-state index is 0.00132. The average molecular weight is 585 g/mol. The molecule has 43 heavy (non-hydrogen) atoms. The number of anilines is 1. The topological polar surface area (TPSA) is 127 Å². The number of aromatic nitrogens is 5. The summed E-state index contributed by atoms with van der Waals surface area (Å²) in [7, 11) is 4.97. The number of hydrogen-bond donors (Lipinski definition) is 2. The molecule has 12 heteroatoms. The highest BCUT2D eigenvalue weighted by Gasteiger charge is 2.22. The SMILES string of the molecule is CN[C@@H](C)C(=O)Nc1cnc(-c2cccc(C(=O)N(C)C)c2)n(Cc2cc(-n3cc(C)c4c3C=CC(F)C4)ncn2)c1=O. The summed E-state index contributed by atoms with van der Waals surface area (Å²) in [6.45, 7) is 3.61. The van der Waals surface area contributed by atoms with Crippen molar-refractivity contribution in [3.8, 4) is 17.2 Å². The Morgan fingerprint density at radius 2 is 1.98 bits per heavy atom. The zero-order valence-electron chi connectivity index (χ0n) is 24.6. The summed E-state index contributed by atoms with van der Waals surface area (Å²) in [4.78, 5) is 54.0. The lowest BCUT2D eigenvalue weighted by atomic mass is 10.00. The Labute approximate surface area is 248 Å². The number of aryl methyl sites for hydroxylation is 1. The molecule has 5 rings (SSSR count). The van der Waals surface area contributed by atoms with Crippen molar-refractivity contribution in [2.24, 2.45) is 0 Å².